The van der Waals surface area contributed by atoms with E-state index in [-0.39, 0.29) is 4.99 Å². The molecular weight excluding hydrogens is 220 g/mol. The van der Waals surface area contributed by atoms with Gasteiger partial charge >= 0.3 is 0 Å². The van der Waals surface area contributed by atoms with E-state index in [1.165, 1.54) is 0 Å². The van der Waals surface area contributed by atoms with Crippen molar-refractivity contribution in [3.8, 4) is 11.8 Å². The fourth-order valence-corrected chi connectivity index (χ4v) is 1.29. The summed E-state index contributed by atoms with van der Waals surface area (Å²) in [5.74, 6) is 0.761. The van der Waals surface area contributed by atoms with Gasteiger partial charge in [-0.15, -0.1) is 0 Å². The van der Waals surface area contributed by atoms with Gasteiger partial charge in [-0.2, -0.15) is 5.26 Å². The third kappa shape index (κ3) is 3.37. The molecule has 0 heterocycles. The summed E-state index contributed by atoms with van der Waals surface area (Å²) in [5.41, 5.74) is 6.54. The van der Waals surface area contributed by atoms with Crippen LogP contribution < -0.4 is 10.5 Å². The van der Waals surface area contributed by atoms with E-state index >= 15 is 0 Å². The first kappa shape index (κ1) is 12.2. The zero-order valence-electron chi connectivity index (χ0n) is 8.93. The largest absolute Gasteiger partial charge is 0.494 e. The lowest BCUT2D eigenvalue weighted by molar-refractivity contribution is 0.340. The Bertz CT molecular complexity index is 460. The molecule has 0 aliphatic rings. The lowest BCUT2D eigenvalue weighted by Gasteiger charge is -2.03. The van der Waals surface area contributed by atoms with Gasteiger partial charge in [-0.1, -0.05) is 24.4 Å². The Hall–Kier alpha value is -1.86. The van der Waals surface area contributed by atoms with E-state index in [0.717, 1.165) is 11.3 Å². The van der Waals surface area contributed by atoms with Gasteiger partial charge in [0.1, 0.15) is 16.8 Å². The van der Waals surface area contributed by atoms with Crippen molar-refractivity contribution >= 4 is 23.3 Å². The normalized spacial score (nSPS) is 10.6. The summed E-state index contributed by atoms with van der Waals surface area (Å²) >= 11 is 4.76. The van der Waals surface area contributed by atoms with Crippen LogP contribution in [0.1, 0.15) is 12.5 Å². The van der Waals surface area contributed by atoms with Crippen LogP contribution in [0.15, 0.2) is 29.8 Å². The van der Waals surface area contributed by atoms with Gasteiger partial charge in [-0.05, 0) is 30.7 Å². The highest BCUT2D eigenvalue weighted by Crippen LogP contribution is 2.15. The third-order valence-corrected chi connectivity index (χ3v) is 2.09. The van der Waals surface area contributed by atoms with Gasteiger partial charge in [-0.25, -0.2) is 0 Å². The summed E-state index contributed by atoms with van der Waals surface area (Å²) in [6.07, 6.45) is 1.64. The molecule has 0 fully saturated rings. The molecule has 0 aromatic heterocycles. The summed E-state index contributed by atoms with van der Waals surface area (Å²) in [4.78, 5) is 0.101. The molecule has 1 rings (SSSR count). The number of hydrogen-bond donors (Lipinski definition) is 1. The molecule has 1 aromatic carbocycles. The number of nitrogens with zero attached hydrogens (tertiary/aromatic N) is 1. The molecule has 0 unspecified atom stereocenters. The standard InChI is InChI=1S/C12H12N2OS/c1-2-15-11-5-3-4-9(7-11)6-10(8-13)12(14)16/h3-7H,2H2,1H3,(H2,14,16)/b10-6-. The van der Waals surface area contributed by atoms with Crippen molar-refractivity contribution in [2.24, 2.45) is 5.73 Å². The van der Waals surface area contributed by atoms with Crippen molar-refractivity contribution in [2.45, 2.75) is 6.92 Å². The van der Waals surface area contributed by atoms with Crippen LogP contribution in [0.2, 0.25) is 0 Å². The highest BCUT2D eigenvalue weighted by Gasteiger charge is 2.00. The van der Waals surface area contributed by atoms with Crippen LogP contribution >= 0.6 is 12.2 Å². The van der Waals surface area contributed by atoms with Gasteiger partial charge in [0.2, 0.25) is 0 Å². The zero-order chi connectivity index (χ0) is 12.0. The fraction of sp³-hybridized carbons (Fsp3) is 0.167. The number of rotatable bonds is 4. The zero-order valence-corrected chi connectivity index (χ0v) is 9.75. The third-order valence-electron chi connectivity index (χ3n) is 1.87. The Labute approximate surface area is 100 Å². The van der Waals surface area contributed by atoms with Crippen molar-refractivity contribution in [3.63, 3.8) is 0 Å². The van der Waals surface area contributed by atoms with Crippen molar-refractivity contribution in [3.05, 3.63) is 35.4 Å². The summed E-state index contributed by atoms with van der Waals surface area (Å²) in [5, 5.41) is 8.81. The van der Waals surface area contributed by atoms with Crippen LogP contribution in [0.3, 0.4) is 0 Å². The van der Waals surface area contributed by atoms with Crippen molar-refractivity contribution < 1.29 is 4.74 Å². The highest BCUT2D eigenvalue weighted by molar-refractivity contribution is 7.80. The van der Waals surface area contributed by atoms with Crippen molar-refractivity contribution in [1.29, 1.82) is 5.26 Å². The van der Waals surface area contributed by atoms with Crippen LogP contribution in [-0.4, -0.2) is 11.6 Å². The average molecular weight is 232 g/mol. The van der Waals surface area contributed by atoms with Gasteiger partial charge in [-0.3, -0.25) is 0 Å². The summed E-state index contributed by atoms with van der Waals surface area (Å²) < 4.78 is 5.35. The Morgan fingerprint density at radius 3 is 2.94 bits per heavy atom. The molecule has 0 saturated heterocycles. The minimum Gasteiger partial charge on any atom is -0.494 e. The lowest BCUT2D eigenvalue weighted by atomic mass is 10.1. The number of benzene rings is 1. The quantitative estimate of drug-likeness (QED) is 0.491. The maximum atomic E-state index is 8.81. The van der Waals surface area contributed by atoms with E-state index in [1.807, 2.05) is 37.3 Å². The molecule has 0 amide bonds. The predicted molar refractivity (Wildman–Crippen MR) is 68.0 cm³/mol. The fourth-order valence-electron chi connectivity index (χ4n) is 1.19. The van der Waals surface area contributed by atoms with Crippen molar-refractivity contribution in [2.75, 3.05) is 6.61 Å². The van der Waals surface area contributed by atoms with Crippen LogP contribution in [0, 0.1) is 11.3 Å². The second-order valence-electron chi connectivity index (χ2n) is 3.04. The summed E-state index contributed by atoms with van der Waals surface area (Å²) in [7, 11) is 0. The molecule has 4 heteroatoms. The first-order valence-electron chi connectivity index (χ1n) is 4.82. The van der Waals surface area contributed by atoms with Gasteiger partial charge in [0.05, 0.1) is 12.2 Å². The monoisotopic (exact) mass is 232 g/mol. The first-order chi connectivity index (χ1) is 7.67. The number of ether oxygens (including phenoxy) is 1. The van der Waals surface area contributed by atoms with E-state index in [2.05, 4.69) is 0 Å². The smallest absolute Gasteiger partial charge is 0.119 e. The topological polar surface area (TPSA) is 59.0 Å². The van der Waals surface area contributed by atoms with Crippen LogP contribution in [0.4, 0.5) is 0 Å². The maximum Gasteiger partial charge on any atom is 0.119 e. The Balaban J connectivity index is 3.01. The van der Waals surface area contributed by atoms with Crippen LogP contribution in [0.5, 0.6) is 5.75 Å². The van der Waals surface area contributed by atoms with Gasteiger partial charge in [0.25, 0.3) is 0 Å². The molecule has 0 aliphatic carbocycles. The molecular formula is C12H12N2OS. The van der Waals surface area contributed by atoms with E-state index in [9.17, 15) is 0 Å². The SMILES string of the molecule is CCOc1cccc(/C=C(/C#N)C(N)=S)c1. The van der Waals surface area contributed by atoms with E-state index < -0.39 is 0 Å². The van der Waals surface area contributed by atoms with Gasteiger partial charge in [0, 0.05) is 0 Å². The molecule has 1 aromatic rings. The van der Waals surface area contributed by atoms with E-state index in [4.69, 9.17) is 28.0 Å². The Morgan fingerprint density at radius 1 is 1.62 bits per heavy atom. The lowest BCUT2D eigenvalue weighted by Crippen LogP contribution is -2.09. The molecule has 0 saturated carbocycles. The minimum absolute atomic E-state index is 0.101. The Kier molecular flexibility index (Phi) is 4.49. The molecule has 2 N–H and O–H groups in total. The number of hydrogen-bond acceptors (Lipinski definition) is 3. The van der Waals surface area contributed by atoms with Gasteiger partial charge in [0.15, 0.2) is 0 Å². The highest BCUT2D eigenvalue weighted by atomic mass is 32.1. The molecule has 0 spiro atoms. The number of thiocarbonyl (C=S) groups is 1. The second-order valence-corrected chi connectivity index (χ2v) is 3.48. The molecule has 3 nitrogen and oxygen atoms in total. The molecule has 0 atom stereocenters. The maximum absolute atomic E-state index is 8.81. The van der Waals surface area contributed by atoms with E-state index in [1.54, 1.807) is 6.08 Å². The molecule has 0 aliphatic heterocycles. The first-order valence-corrected chi connectivity index (χ1v) is 5.22. The minimum atomic E-state index is 0.101. The molecule has 82 valence electrons. The number of nitrogens with two attached hydrogens (primary N) is 1. The van der Waals surface area contributed by atoms with Crippen LogP contribution in [-0.2, 0) is 0 Å². The van der Waals surface area contributed by atoms with Crippen LogP contribution in [0.25, 0.3) is 6.08 Å². The number of nitriles is 1. The average Bonchev–Trinajstić information content (AvgIpc) is 2.26. The summed E-state index contributed by atoms with van der Waals surface area (Å²) in [6.45, 7) is 2.52. The van der Waals surface area contributed by atoms with Crippen molar-refractivity contribution in [1.82, 2.24) is 0 Å². The van der Waals surface area contributed by atoms with E-state index in [0.29, 0.717) is 12.2 Å². The Morgan fingerprint density at radius 2 is 2.38 bits per heavy atom. The summed E-state index contributed by atoms with van der Waals surface area (Å²) in [6, 6.07) is 9.35. The molecule has 0 bridgehead atoms. The molecule has 0 radical (unpaired) electrons. The van der Waals surface area contributed by atoms with Gasteiger partial charge < -0.3 is 10.5 Å². The second kappa shape index (κ2) is 5.89. The predicted octanol–water partition coefficient (Wildman–Crippen LogP) is 2.28. The molecule has 16 heavy (non-hydrogen) atoms.